The number of carboxylic acid groups (broad SMARTS) is 1. The molecule has 1 saturated heterocycles. The number of carboxylic acids is 1. The highest BCUT2D eigenvalue weighted by Crippen LogP contribution is 2.37. The molecule has 1 heterocycles. The van der Waals surface area contributed by atoms with E-state index >= 15 is 0 Å². The lowest BCUT2D eigenvalue weighted by molar-refractivity contribution is -0.142. The normalized spacial score (nSPS) is 21.1. The lowest BCUT2D eigenvalue weighted by atomic mass is 9.74. The standard InChI is InChI=1S/C10H19NO2/c1-3-5-10(4-2)7-11(8-10)6-9(12)13/h3-8H2,1-2H3,(H,12,13). The van der Waals surface area contributed by atoms with Crippen LogP contribution in [0.2, 0.25) is 0 Å². The lowest BCUT2D eigenvalue weighted by Gasteiger charge is -2.49. The Morgan fingerprint density at radius 3 is 2.46 bits per heavy atom. The third-order valence-corrected chi connectivity index (χ3v) is 3.01. The number of likely N-dealkylation sites (tertiary alicyclic amines) is 1. The van der Waals surface area contributed by atoms with Crippen molar-refractivity contribution in [3.05, 3.63) is 0 Å². The molecule has 1 N–H and O–H groups in total. The van der Waals surface area contributed by atoms with Crippen molar-refractivity contribution in [1.29, 1.82) is 0 Å². The van der Waals surface area contributed by atoms with E-state index < -0.39 is 5.97 Å². The summed E-state index contributed by atoms with van der Waals surface area (Å²) >= 11 is 0. The predicted octanol–water partition coefficient (Wildman–Crippen LogP) is 1.58. The van der Waals surface area contributed by atoms with Crippen LogP contribution in [0.5, 0.6) is 0 Å². The maximum atomic E-state index is 10.4. The first-order chi connectivity index (χ1) is 6.12. The largest absolute Gasteiger partial charge is 0.480 e. The van der Waals surface area contributed by atoms with Gasteiger partial charge in [0.25, 0.3) is 0 Å². The zero-order valence-electron chi connectivity index (χ0n) is 8.55. The highest BCUT2D eigenvalue weighted by molar-refractivity contribution is 5.69. The molecule has 1 fully saturated rings. The summed E-state index contributed by atoms with van der Waals surface area (Å²) < 4.78 is 0. The second-order valence-electron chi connectivity index (χ2n) is 4.14. The van der Waals surface area contributed by atoms with Crippen LogP contribution in [0, 0.1) is 5.41 Å². The maximum absolute atomic E-state index is 10.4. The Balaban J connectivity index is 2.31. The fourth-order valence-electron chi connectivity index (χ4n) is 2.29. The fraction of sp³-hybridized carbons (Fsp3) is 0.900. The van der Waals surface area contributed by atoms with E-state index in [0.717, 1.165) is 13.1 Å². The summed E-state index contributed by atoms with van der Waals surface area (Å²) in [4.78, 5) is 12.4. The van der Waals surface area contributed by atoms with E-state index in [1.807, 2.05) is 4.90 Å². The molecular weight excluding hydrogens is 166 g/mol. The van der Waals surface area contributed by atoms with Gasteiger partial charge in [0.05, 0.1) is 6.54 Å². The molecule has 1 rings (SSSR count). The molecule has 0 saturated carbocycles. The van der Waals surface area contributed by atoms with Gasteiger partial charge < -0.3 is 5.11 Å². The zero-order chi connectivity index (χ0) is 9.90. The molecule has 13 heavy (non-hydrogen) atoms. The minimum absolute atomic E-state index is 0.214. The number of nitrogens with zero attached hydrogens (tertiary/aromatic N) is 1. The third kappa shape index (κ3) is 2.44. The zero-order valence-corrected chi connectivity index (χ0v) is 8.55. The van der Waals surface area contributed by atoms with Crippen molar-refractivity contribution in [2.24, 2.45) is 5.41 Å². The number of aliphatic carboxylic acids is 1. The van der Waals surface area contributed by atoms with E-state index in [1.165, 1.54) is 19.3 Å². The van der Waals surface area contributed by atoms with Gasteiger partial charge in [-0.3, -0.25) is 9.69 Å². The highest BCUT2D eigenvalue weighted by Gasteiger charge is 2.40. The van der Waals surface area contributed by atoms with Crippen LogP contribution in [0.15, 0.2) is 0 Å². The van der Waals surface area contributed by atoms with Crippen molar-refractivity contribution >= 4 is 5.97 Å². The monoisotopic (exact) mass is 185 g/mol. The molecule has 3 heteroatoms. The number of hydrogen-bond acceptors (Lipinski definition) is 2. The molecule has 0 aromatic carbocycles. The van der Waals surface area contributed by atoms with Gasteiger partial charge in [-0.2, -0.15) is 0 Å². The third-order valence-electron chi connectivity index (χ3n) is 3.01. The maximum Gasteiger partial charge on any atom is 0.317 e. The van der Waals surface area contributed by atoms with Crippen molar-refractivity contribution in [2.45, 2.75) is 33.1 Å². The van der Waals surface area contributed by atoms with Crippen LogP contribution in [-0.2, 0) is 4.79 Å². The summed E-state index contributed by atoms with van der Waals surface area (Å²) in [6.07, 6.45) is 3.62. The van der Waals surface area contributed by atoms with E-state index in [9.17, 15) is 4.79 Å². The molecule has 0 aromatic rings. The van der Waals surface area contributed by atoms with Crippen molar-refractivity contribution in [3.63, 3.8) is 0 Å². The van der Waals surface area contributed by atoms with Crippen molar-refractivity contribution in [2.75, 3.05) is 19.6 Å². The van der Waals surface area contributed by atoms with Gasteiger partial charge in [0, 0.05) is 13.1 Å². The first-order valence-electron chi connectivity index (χ1n) is 5.06. The van der Waals surface area contributed by atoms with Gasteiger partial charge in [0.2, 0.25) is 0 Å². The van der Waals surface area contributed by atoms with Gasteiger partial charge in [0.15, 0.2) is 0 Å². The van der Waals surface area contributed by atoms with Gasteiger partial charge >= 0.3 is 5.97 Å². The van der Waals surface area contributed by atoms with Crippen LogP contribution in [0.4, 0.5) is 0 Å². The fourth-order valence-corrected chi connectivity index (χ4v) is 2.29. The Bertz CT molecular complexity index is 185. The Labute approximate surface area is 79.7 Å². The Morgan fingerprint density at radius 1 is 1.46 bits per heavy atom. The average Bonchev–Trinajstić information content (AvgIpc) is 1.99. The molecule has 0 unspecified atom stereocenters. The molecule has 0 bridgehead atoms. The van der Waals surface area contributed by atoms with Crippen LogP contribution >= 0.6 is 0 Å². The second kappa shape index (κ2) is 4.09. The molecule has 1 aliphatic heterocycles. The Hall–Kier alpha value is -0.570. The predicted molar refractivity (Wildman–Crippen MR) is 51.7 cm³/mol. The first kappa shape index (κ1) is 10.5. The quantitative estimate of drug-likeness (QED) is 0.707. The van der Waals surface area contributed by atoms with E-state index in [0.29, 0.717) is 5.41 Å². The summed E-state index contributed by atoms with van der Waals surface area (Å²) in [6, 6.07) is 0. The van der Waals surface area contributed by atoms with Gasteiger partial charge in [-0.1, -0.05) is 20.3 Å². The molecule has 0 amide bonds. The molecule has 1 aliphatic rings. The SMILES string of the molecule is CCCC1(CC)CN(CC(=O)O)C1. The first-order valence-corrected chi connectivity index (χ1v) is 5.06. The molecular formula is C10H19NO2. The molecule has 0 spiro atoms. The smallest absolute Gasteiger partial charge is 0.317 e. The van der Waals surface area contributed by atoms with Crippen molar-refractivity contribution in [3.8, 4) is 0 Å². The van der Waals surface area contributed by atoms with Gasteiger partial charge in [-0.15, -0.1) is 0 Å². The average molecular weight is 185 g/mol. The summed E-state index contributed by atoms with van der Waals surface area (Å²) in [5, 5.41) is 8.58. The minimum Gasteiger partial charge on any atom is -0.480 e. The second-order valence-corrected chi connectivity index (χ2v) is 4.14. The topological polar surface area (TPSA) is 40.5 Å². The van der Waals surface area contributed by atoms with Crippen LogP contribution in [0.25, 0.3) is 0 Å². The van der Waals surface area contributed by atoms with E-state index in [2.05, 4.69) is 13.8 Å². The lowest BCUT2D eigenvalue weighted by Crippen LogP contribution is -2.57. The van der Waals surface area contributed by atoms with E-state index in [1.54, 1.807) is 0 Å². The molecule has 0 aliphatic carbocycles. The Kier molecular flexibility index (Phi) is 3.31. The van der Waals surface area contributed by atoms with Crippen molar-refractivity contribution in [1.82, 2.24) is 4.90 Å². The molecule has 3 nitrogen and oxygen atoms in total. The molecule has 0 radical (unpaired) electrons. The van der Waals surface area contributed by atoms with Crippen LogP contribution in [-0.4, -0.2) is 35.6 Å². The highest BCUT2D eigenvalue weighted by atomic mass is 16.4. The van der Waals surface area contributed by atoms with Crippen LogP contribution in [0.3, 0.4) is 0 Å². The summed E-state index contributed by atoms with van der Waals surface area (Å²) in [7, 11) is 0. The Morgan fingerprint density at radius 2 is 2.08 bits per heavy atom. The van der Waals surface area contributed by atoms with E-state index in [4.69, 9.17) is 5.11 Å². The van der Waals surface area contributed by atoms with Crippen LogP contribution < -0.4 is 0 Å². The molecule has 76 valence electrons. The van der Waals surface area contributed by atoms with Crippen LogP contribution in [0.1, 0.15) is 33.1 Å². The minimum atomic E-state index is -0.707. The number of carbonyl (C=O) groups is 1. The van der Waals surface area contributed by atoms with Crippen molar-refractivity contribution < 1.29 is 9.90 Å². The van der Waals surface area contributed by atoms with Gasteiger partial charge in [-0.25, -0.2) is 0 Å². The van der Waals surface area contributed by atoms with Gasteiger partial charge in [-0.05, 0) is 18.3 Å². The summed E-state index contributed by atoms with van der Waals surface area (Å²) in [5.41, 5.74) is 0.435. The summed E-state index contributed by atoms with van der Waals surface area (Å²) in [6.45, 7) is 6.56. The number of hydrogen-bond donors (Lipinski definition) is 1. The van der Waals surface area contributed by atoms with Gasteiger partial charge in [0.1, 0.15) is 0 Å². The summed E-state index contributed by atoms with van der Waals surface area (Å²) in [5.74, 6) is -0.707. The molecule has 0 aromatic heterocycles. The number of rotatable bonds is 5. The van der Waals surface area contributed by atoms with E-state index in [-0.39, 0.29) is 6.54 Å². The molecule has 0 atom stereocenters.